The summed E-state index contributed by atoms with van der Waals surface area (Å²) in [5.41, 5.74) is -0.622. The highest BCUT2D eigenvalue weighted by Crippen LogP contribution is 2.44. The number of rotatable bonds is 5. The van der Waals surface area contributed by atoms with Crippen LogP contribution in [0.4, 0.5) is 0 Å². The van der Waals surface area contributed by atoms with Crippen LogP contribution in [0.3, 0.4) is 0 Å². The maximum absolute atomic E-state index is 12.6. The van der Waals surface area contributed by atoms with Gasteiger partial charge in [-0.1, -0.05) is 26.7 Å². The quantitative estimate of drug-likeness (QED) is 0.788. The molecule has 2 aliphatic rings. The van der Waals surface area contributed by atoms with E-state index in [4.69, 9.17) is 9.47 Å². The fourth-order valence-corrected chi connectivity index (χ4v) is 3.63. The molecular formula is C16H29NO3. The zero-order valence-corrected chi connectivity index (χ0v) is 13.2. The van der Waals surface area contributed by atoms with Gasteiger partial charge in [0, 0.05) is 13.2 Å². The van der Waals surface area contributed by atoms with E-state index in [1.807, 2.05) is 6.92 Å². The van der Waals surface area contributed by atoms with Crippen molar-refractivity contribution in [1.29, 1.82) is 0 Å². The maximum atomic E-state index is 12.6. The molecule has 4 nitrogen and oxygen atoms in total. The Balaban J connectivity index is 2.11. The van der Waals surface area contributed by atoms with E-state index in [9.17, 15) is 4.79 Å². The van der Waals surface area contributed by atoms with Gasteiger partial charge in [-0.05, 0) is 38.0 Å². The number of carbonyl (C=O) groups excluding carboxylic acids is 1. The molecule has 1 saturated carbocycles. The van der Waals surface area contributed by atoms with Gasteiger partial charge < -0.3 is 9.47 Å². The first kappa shape index (κ1) is 15.8. The van der Waals surface area contributed by atoms with Crippen LogP contribution in [-0.4, -0.2) is 37.4 Å². The molecule has 0 amide bonds. The first-order valence-corrected chi connectivity index (χ1v) is 8.06. The molecule has 1 saturated heterocycles. The van der Waals surface area contributed by atoms with Gasteiger partial charge in [0.05, 0.1) is 12.7 Å². The minimum Gasteiger partial charge on any atom is -0.465 e. The number of hydrogen-bond donors (Lipinski definition) is 1. The molecule has 1 aliphatic heterocycles. The Morgan fingerprint density at radius 3 is 2.65 bits per heavy atom. The van der Waals surface area contributed by atoms with Gasteiger partial charge in [-0.2, -0.15) is 0 Å². The third-order valence-corrected chi connectivity index (χ3v) is 5.04. The second-order valence-corrected chi connectivity index (χ2v) is 6.73. The largest absolute Gasteiger partial charge is 0.465 e. The lowest BCUT2D eigenvalue weighted by Gasteiger charge is -2.48. The van der Waals surface area contributed by atoms with E-state index in [0.717, 1.165) is 45.3 Å². The summed E-state index contributed by atoms with van der Waals surface area (Å²) in [6.07, 6.45) is 6.67. The summed E-state index contributed by atoms with van der Waals surface area (Å²) in [5, 5.41) is 3.55. The van der Waals surface area contributed by atoms with Crippen LogP contribution in [0.5, 0.6) is 0 Å². The van der Waals surface area contributed by atoms with E-state index in [0.29, 0.717) is 6.61 Å². The van der Waals surface area contributed by atoms with Crippen molar-refractivity contribution in [3.8, 4) is 0 Å². The van der Waals surface area contributed by atoms with E-state index in [-0.39, 0.29) is 17.5 Å². The molecular weight excluding hydrogens is 254 g/mol. The third kappa shape index (κ3) is 3.01. The molecule has 4 heteroatoms. The van der Waals surface area contributed by atoms with Crippen LogP contribution in [0.1, 0.15) is 59.3 Å². The fourth-order valence-electron chi connectivity index (χ4n) is 3.63. The summed E-state index contributed by atoms with van der Waals surface area (Å²) >= 11 is 0. The summed E-state index contributed by atoms with van der Waals surface area (Å²) in [7, 11) is 0. The average molecular weight is 283 g/mol. The van der Waals surface area contributed by atoms with E-state index in [1.165, 1.54) is 6.42 Å². The van der Waals surface area contributed by atoms with Crippen LogP contribution in [0, 0.1) is 5.41 Å². The second-order valence-electron chi connectivity index (χ2n) is 6.73. The van der Waals surface area contributed by atoms with Crippen LogP contribution in [0.25, 0.3) is 0 Å². The Labute approximate surface area is 122 Å². The van der Waals surface area contributed by atoms with Crippen molar-refractivity contribution in [2.24, 2.45) is 5.41 Å². The maximum Gasteiger partial charge on any atom is 0.326 e. The van der Waals surface area contributed by atoms with E-state index >= 15 is 0 Å². The fraction of sp³-hybridized carbons (Fsp3) is 0.938. The second kappa shape index (κ2) is 6.44. The number of ether oxygens (including phenoxy) is 2. The number of esters is 1. The van der Waals surface area contributed by atoms with Crippen LogP contribution < -0.4 is 5.32 Å². The summed E-state index contributed by atoms with van der Waals surface area (Å²) in [6.45, 7) is 8.29. The molecule has 1 aliphatic carbocycles. The van der Waals surface area contributed by atoms with Crippen molar-refractivity contribution in [2.75, 3.05) is 19.8 Å². The molecule has 1 heterocycles. The average Bonchev–Trinajstić information content (AvgIpc) is 2.90. The van der Waals surface area contributed by atoms with Crippen molar-refractivity contribution in [3.05, 3.63) is 0 Å². The SMILES string of the molecule is CCOC(=O)C1(NCC2CCCO2)CCCCC1(C)C. The molecule has 0 aromatic heterocycles. The first-order valence-electron chi connectivity index (χ1n) is 8.06. The molecule has 0 aromatic carbocycles. The van der Waals surface area contributed by atoms with Crippen molar-refractivity contribution in [2.45, 2.75) is 70.9 Å². The minimum atomic E-state index is -0.548. The Bertz CT molecular complexity index is 337. The molecule has 0 bridgehead atoms. The molecule has 1 N–H and O–H groups in total. The molecule has 0 spiro atoms. The van der Waals surface area contributed by atoms with Gasteiger partial charge in [0.2, 0.25) is 0 Å². The van der Waals surface area contributed by atoms with Gasteiger partial charge in [-0.15, -0.1) is 0 Å². The lowest BCUT2D eigenvalue weighted by molar-refractivity contribution is -0.160. The summed E-state index contributed by atoms with van der Waals surface area (Å²) < 4.78 is 11.1. The topological polar surface area (TPSA) is 47.6 Å². The summed E-state index contributed by atoms with van der Waals surface area (Å²) in [6, 6.07) is 0. The molecule has 2 fully saturated rings. The normalized spacial score (nSPS) is 33.0. The molecule has 2 unspecified atom stereocenters. The summed E-state index contributed by atoms with van der Waals surface area (Å²) in [4.78, 5) is 12.6. The Hall–Kier alpha value is -0.610. The molecule has 0 aromatic rings. The highest BCUT2D eigenvalue weighted by Gasteiger charge is 2.53. The van der Waals surface area contributed by atoms with Crippen molar-refractivity contribution in [1.82, 2.24) is 5.32 Å². The van der Waals surface area contributed by atoms with Gasteiger partial charge in [-0.25, -0.2) is 0 Å². The van der Waals surface area contributed by atoms with E-state index < -0.39 is 5.54 Å². The standard InChI is InChI=1S/C16H29NO3/c1-4-19-14(18)16(10-6-5-9-15(16,2)3)17-12-13-8-7-11-20-13/h13,17H,4-12H2,1-3H3. The molecule has 116 valence electrons. The monoisotopic (exact) mass is 283 g/mol. The lowest BCUT2D eigenvalue weighted by Crippen LogP contribution is -2.64. The van der Waals surface area contributed by atoms with Gasteiger partial charge in [0.1, 0.15) is 5.54 Å². The van der Waals surface area contributed by atoms with Gasteiger partial charge in [0.15, 0.2) is 0 Å². The van der Waals surface area contributed by atoms with Crippen LogP contribution in [0.15, 0.2) is 0 Å². The van der Waals surface area contributed by atoms with Crippen molar-refractivity contribution in [3.63, 3.8) is 0 Å². The van der Waals surface area contributed by atoms with Gasteiger partial charge in [-0.3, -0.25) is 10.1 Å². The Morgan fingerprint density at radius 1 is 1.30 bits per heavy atom. The van der Waals surface area contributed by atoms with Gasteiger partial charge in [0.25, 0.3) is 0 Å². The Kier molecular flexibility index (Phi) is 5.08. The van der Waals surface area contributed by atoms with Crippen LogP contribution >= 0.6 is 0 Å². The number of nitrogens with one attached hydrogen (secondary N) is 1. The van der Waals surface area contributed by atoms with Crippen molar-refractivity contribution < 1.29 is 14.3 Å². The van der Waals surface area contributed by atoms with E-state index in [1.54, 1.807) is 0 Å². The zero-order chi connectivity index (χ0) is 14.6. The number of carbonyl (C=O) groups is 1. The molecule has 2 rings (SSSR count). The van der Waals surface area contributed by atoms with Gasteiger partial charge >= 0.3 is 5.97 Å². The lowest BCUT2D eigenvalue weighted by atomic mass is 9.63. The zero-order valence-electron chi connectivity index (χ0n) is 13.2. The predicted octanol–water partition coefficient (Wildman–Crippen LogP) is 2.66. The molecule has 20 heavy (non-hydrogen) atoms. The predicted molar refractivity (Wildman–Crippen MR) is 78.6 cm³/mol. The number of hydrogen-bond acceptors (Lipinski definition) is 4. The molecule has 2 atom stereocenters. The van der Waals surface area contributed by atoms with Crippen LogP contribution in [-0.2, 0) is 14.3 Å². The van der Waals surface area contributed by atoms with E-state index in [2.05, 4.69) is 19.2 Å². The Morgan fingerprint density at radius 2 is 2.05 bits per heavy atom. The summed E-state index contributed by atoms with van der Waals surface area (Å²) in [5.74, 6) is -0.0808. The highest BCUT2D eigenvalue weighted by molar-refractivity contribution is 5.82. The molecule has 0 radical (unpaired) electrons. The first-order chi connectivity index (χ1) is 9.52. The third-order valence-electron chi connectivity index (χ3n) is 5.04. The highest BCUT2D eigenvalue weighted by atomic mass is 16.5. The smallest absolute Gasteiger partial charge is 0.326 e. The van der Waals surface area contributed by atoms with Crippen LogP contribution in [0.2, 0.25) is 0 Å². The minimum absolute atomic E-state index is 0.0733. The van der Waals surface area contributed by atoms with Crippen molar-refractivity contribution >= 4 is 5.97 Å².